The molecule has 0 N–H and O–H groups in total. The van der Waals surface area contributed by atoms with E-state index in [1.807, 2.05) is 39.5 Å². The highest BCUT2D eigenvalue weighted by molar-refractivity contribution is 5.94. The largest absolute Gasteiger partial charge is 0.619 e. The Kier molecular flexibility index (Phi) is 6.68. The van der Waals surface area contributed by atoms with Gasteiger partial charge in [-0.05, 0) is 53.4 Å². The summed E-state index contributed by atoms with van der Waals surface area (Å²) < 4.78 is 6.20. The number of hydrogen-bond donors (Lipinski definition) is 0. The monoisotopic (exact) mass is 377 g/mol. The number of carbonyl (C=O) groups excluding carboxylic acids is 2. The molecule has 1 atom stereocenters. The number of pyridine rings is 1. The van der Waals surface area contributed by atoms with Crippen molar-refractivity contribution in [1.82, 2.24) is 9.80 Å². The number of piperidine rings is 1. The van der Waals surface area contributed by atoms with Crippen molar-refractivity contribution in [3.63, 3.8) is 0 Å². The zero-order chi connectivity index (χ0) is 20.2. The van der Waals surface area contributed by atoms with Crippen LogP contribution in [0.4, 0.5) is 4.79 Å². The highest BCUT2D eigenvalue weighted by atomic mass is 16.6. The third kappa shape index (κ3) is 6.12. The quantitative estimate of drug-likeness (QED) is 0.597. The first-order chi connectivity index (χ1) is 12.6. The maximum atomic E-state index is 12.7. The number of carbonyl (C=O) groups is 2. The number of aromatic nitrogens is 1. The fraction of sp³-hybridized carbons (Fsp3) is 0.650. The lowest BCUT2D eigenvalue weighted by atomic mass is 9.96. The van der Waals surface area contributed by atoms with Crippen LogP contribution in [-0.2, 0) is 4.74 Å². The molecule has 7 heteroatoms. The van der Waals surface area contributed by atoms with Crippen molar-refractivity contribution in [1.29, 1.82) is 0 Å². The van der Waals surface area contributed by atoms with Crippen molar-refractivity contribution < 1.29 is 19.1 Å². The molecule has 2 amide bonds. The normalized spacial score (nSPS) is 17.7. The lowest BCUT2D eigenvalue weighted by molar-refractivity contribution is -0.605. The summed E-state index contributed by atoms with van der Waals surface area (Å²) in [6, 6.07) is 3.10. The lowest BCUT2D eigenvalue weighted by Crippen LogP contribution is -2.48. The average molecular weight is 377 g/mol. The van der Waals surface area contributed by atoms with E-state index < -0.39 is 5.60 Å². The van der Waals surface area contributed by atoms with Crippen molar-refractivity contribution >= 4 is 12.0 Å². The molecule has 1 aliphatic heterocycles. The minimum atomic E-state index is -0.537. The van der Waals surface area contributed by atoms with Crippen molar-refractivity contribution in [3.05, 3.63) is 35.3 Å². The Hall–Kier alpha value is -2.31. The first kappa shape index (κ1) is 21.0. The Bertz CT molecular complexity index is 652. The second-order valence-electron chi connectivity index (χ2n) is 8.43. The van der Waals surface area contributed by atoms with Gasteiger partial charge >= 0.3 is 6.09 Å². The minimum Gasteiger partial charge on any atom is -0.619 e. The summed E-state index contributed by atoms with van der Waals surface area (Å²) in [7, 11) is 0. The Labute approximate surface area is 161 Å². The molecule has 2 heterocycles. The molecule has 1 aromatic rings. The molecule has 0 bridgehead atoms. The van der Waals surface area contributed by atoms with Crippen LogP contribution < -0.4 is 4.73 Å². The Morgan fingerprint density at radius 3 is 2.52 bits per heavy atom. The van der Waals surface area contributed by atoms with E-state index in [0.717, 1.165) is 12.8 Å². The summed E-state index contributed by atoms with van der Waals surface area (Å²) >= 11 is 0. The van der Waals surface area contributed by atoms with E-state index in [9.17, 15) is 14.8 Å². The first-order valence-corrected chi connectivity index (χ1v) is 9.54. The van der Waals surface area contributed by atoms with E-state index in [4.69, 9.17) is 4.74 Å². The summed E-state index contributed by atoms with van der Waals surface area (Å²) in [5.41, 5.74) is -0.0274. The molecular weight excluding hydrogens is 346 g/mol. The molecule has 0 aliphatic carbocycles. The van der Waals surface area contributed by atoms with Crippen LogP contribution in [0.1, 0.15) is 57.8 Å². The smallest absolute Gasteiger partial charge is 0.410 e. The van der Waals surface area contributed by atoms with Gasteiger partial charge in [-0.25, -0.2) is 4.79 Å². The highest BCUT2D eigenvalue weighted by Crippen LogP contribution is 2.22. The van der Waals surface area contributed by atoms with Gasteiger partial charge < -0.3 is 19.7 Å². The number of likely N-dealkylation sites (tertiary alicyclic amines) is 1. The van der Waals surface area contributed by atoms with Gasteiger partial charge in [0.05, 0.1) is 5.56 Å². The number of hydrogen-bond acceptors (Lipinski definition) is 4. The van der Waals surface area contributed by atoms with Crippen molar-refractivity contribution in [2.45, 2.75) is 59.1 Å². The SMILES string of the molecule is CC(C)N(CC1CCCN(C(=O)c2cc[n+]([O-])cc2)C1)C(=O)OC(C)(C)C. The molecule has 0 saturated carbocycles. The Morgan fingerprint density at radius 1 is 1.33 bits per heavy atom. The molecule has 150 valence electrons. The van der Waals surface area contributed by atoms with E-state index in [2.05, 4.69) is 0 Å². The molecule has 1 fully saturated rings. The van der Waals surface area contributed by atoms with Gasteiger partial charge in [0.25, 0.3) is 5.91 Å². The van der Waals surface area contributed by atoms with E-state index in [0.29, 0.717) is 29.9 Å². The van der Waals surface area contributed by atoms with Gasteiger partial charge in [0.15, 0.2) is 12.4 Å². The minimum absolute atomic E-state index is 0.0209. The molecular formula is C20H31N3O4. The standard InChI is InChI=1S/C20H31N3O4/c1-15(2)23(19(25)27-20(3,4)5)14-16-7-6-10-21(13-16)18(24)17-8-11-22(26)12-9-17/h8-9,11-12,15-16H,6-7,10,13-14H2,1-5H3. The van der Waals surface area contributed by atoms with Crippen molar-refractivity contribution in [3.8, 4) is 0 Å². The third-order valence-corrected chi connectivity index (χ3v) is 4.56. The van der Waals surface area contributed by atoms with E-state index in [-0.39, 0.29) is 24.0 Å². The molecule has 0 aromatic carbocycles. The molecule has 2 rings (SSSR count). The predicted octanol–water partition coefficient (Wildman–Crippen LogP) is 2.82. The molecule has 1 saturated heterocycles. The second-order valence-corrected chi connectivity index (χ2v) is 8.43. The highest BCUT2D eigenvalue weighted by Gasteiger charge is 2.30. The van der Waals surface area contributed by atoms with Crippen molar-refractivity contribution in [2.24, 2.45) is 5.92 Å². The summed E-state index contributed by atoms with van der Waals surface area (Å²) in [6.07, 6.45) is 4.20. The summed E-state index contributed by atoms with van der Waals surface area (Å²) in [4.78, 5) is 28.8. The van der Waals surface area contributed by atoms with Gasteiger partial charge in [-0.1, -0.05) is 0 Å². The van der Waals surface area contributed by atoms with Crippen LogP contribution in [0.2, 0.25) is 0 Å². The fourth-order valence-electron chi connectivity index (χ4n) is 3.23. The molecule has 7 nitrogen and oxygen atoms in total. The number of nitrogens with zero attached hydrogens (tertiary/aromatic N) is 3. The molecule has 1 aromatic heterocycles. The summed E-state index contributed by atoms with van der Waals surface area (Å²) in [5.74, 6) is 0.124. The van der Waals surface area contributed by atoms with Gasteiger partial charge in [-0.2, -0.15) is 4.73 Å². The fourth-order valence-corrected chi connectivity index (χ4v) is 3.23. The molecule has 0 radical (unpaired) electrons. The van der Waals surface area contributed by atoms with Gasteiger partial charge in [0.1, 0.15) is 5.60 Å². The maximum absolute atomic E-state index is 12.7. The number of rotatable bonds is 4. The van der Waals surface area contributed by atoms with Gasteiger partial charge in [0.2, 0.25) is 0 Å². The van der Waals surface area contributed by atoms with Crippen LogP contribution in [0.3, 0.4) is 0 Å². The molecule has 0 spiro atoms. The zero-order valence-corrected chi connectivity index (χ0v) is 17.0. The Morgan fingerprint density at radius 2 is 1.96 bits per heavy atom. The third-order valence-electron chi connectivity index (χ3n) is 4.56. The van der Waals surface area contributed by atoms with Crippen LogP contribution in [0, 0.1) is 11.1 Å². The van der Waals surface area contributed by atoms with E-state index >= 15 is 0 Å². The Balaban J connectivity index is 2.02. The summed E-state index contributed by atoms with van der Waals surface area (Å²) in [5, 5.41) is 11.2. The maximum Gasteiger partial charge on any atom is 0.410 e. The molecule has 27 heavy (non-hydrogen) atoms. The lowest BCUT2D eigenvalue weighted by Gasteiger charge is -2.37. The average Bonchev–Trinajstić information content (AvgIpc) is 2.58. The molecule has 1 unspecified atom stereocenters. The molecule has 1 aliphatic rings. The second kappa shape index (κ2) is 8.59. The zero-order valence-electron chi connectivity index (χ0n) is 17.0. The van der Waals surface area contributed by atoms with Crippen LogP contribution in [-0.4, -0.2) is 53.1 Å². The number of ether oxygens (including phenoxy) is 1. The van der Waals surface area contributed by atoms with Crippen molar-refractivity contribution in [2.75, 3.05) is 19.6 Å². The topological polar surface area (TPSA) is 76.8 Å². The summed E-state index contributed by atoms with van der Waals surface area (Å²) in [6.45, 7) is 11.4. The van der Waals surface area contributed by atoms with Crippen LogP contribution >= 0.6 is 0 Å². The van der Waals surface area contributed by atoms with Gasteiger partial charge in [-0.15, -0.1) is 0 Å². The van der Waals surface area contributed by atoms with Crippen LogP contribution in [0.15, 0.2) is 24.5 Å². The predicted molar refractivity (Wildman–Crippen MR) is 102 cm³/mol. The van der Waals surface area contributed by atoms with E-state index in [1.165, 1.54) is 12.4 Å². The van der Waals surface area contributed by atoms with Crippen LogP contribution in [0.25, 0.3) is 0 Å². The van der Waals surface area contributed by atoms with Gasteiger partial charge in [0, 0.05) is 37.8 Å². The van der Waals surface area contributed by atoms with Gasteiger partial charge in [-0.3, -0.25) is 4.79 Å². The first-order valence-electron chi connectivity index (χ1n) is 9.54. The number of amides is 2. The van der Waals surface area contributed by atoms with E-state index in [1.54, 1.807) is 17.0 Å². The van der Waals surface area contributed by atoms with Crippen LogP contribution in [0.5, 0.6) is 0 Å².